The number of hydrogen-bond acceptors (Lipinski definition) is 2. The molecule has 1 aliphatic rings. The van der Waals surface area contributed by atoms with Crippen LogP contribution in [0.25, 0.3) is 0 Å². The molecule has 1 unspecified atom stereocenters. The molecule has 3 heteroatoms. The number of hydrogen-bond donors (Lipinski definition) is 1. The number of aryl methyl sites for hydroxylation is 1. The van der Waals surface area contributed by atoms with Crippen LogP contribution in [0.4, 0.5) is 0 Å². The highest BCUT2D eigenvalue weighted by Gasteiger charge is 2.40. The van der Waals surface area contributed by atoms with Gasteiger partial charge in [0, 0.05) is 6.04 Å². The standard InChI is InChI=1S/C18H27NO2/c1-4-16(15-8-6-14(3)7-9-15)19-12-10-18(5-2,11-13-19)17(20)21/h6-9,16H,4-5,10-13H2,1-3H3,(H,20,21). The molecular weight excluding hydrogens is 262 g/mol. The molecule has 1 atom stereocenters. The SMILES string of the molecule is CCC(c1ccc(C)cc1)N1CCC(CC)(C(=O)O)CC1. The number of aliphatic carboxylic acids is 1. The van der Waals surface area contributed by atoms with Crippen molar-refractivity contribution in [3.63, 3.8) is 0 Å². The molecule has 3 nitrogen and oxygen atoms in total. The summed E-state index contributed by atoms with van der Waals surface area (Å²) in [5.41, 5.74) is 2.13. The van der Waals surface area contributed by atoms with E-state index < -0.39 is 11.4 Å². The molecule has 0 spiro atoms. The Morgan fingerprint density at radius 2 is 1.81 bits per heavy atom. The minimum atomic E-state index is -0.618. The quantitative estimate of drug-likeness (QED) is 0.890. The van der Waals surface area contributed by atoms with Gasteiger partial charge >= 0.3 is 5.97 Å². The fourth-order valence-electron chi connectivity index (χ4n) is 3.48. The molecule has 0 aliphatic carbocycles. The molecule has 0 aromatic heterocycles. The number of carbonyl (C=O) groups is 1. The topological polar surface area (TPSA) is 40.5 Å². The van der Waals surface area contributed by atoms with Gasteiger partial charge in [0.25, 0.3) is 0 Å². The normalized spacial score (nSPS) is 20.1. The maximum atomic E-state index is 11.5. The first-order valence-corrected chi connectivity index (χ1v) is 8.06. The second kappa shape index (κ2) is 6.61. The highest BCUT2D eigenvalue weighted by molar-refractivity contribution is 5.74. The molecule has 1 fully saturated rings. The largest absolute Gasteiger partial charge is 0.481 e. The zero-order chi connectivity index (χ0) is 15.5. The molecule has 1 saturated heterocycles. The van der Waals surface area contributed by atoms with E-state index in [0.29, 0.717) is 6.04 Å². The minimum Gasteiger partial charge on any atom is -0.481 e. The number of nitrogens with zero attached hydrogens (tertiary/aromatic N) is 1. The van der Waals surface area contributed by atoms with E-state index in [0.717, 1.165) is 38.8 Å². The molecule has 1 N–H and O–H groups in total. The van der Waals surface area contributed by atoms with Crippen LogP contribution in [-0.4, -0.2) is 29.1 Å². The van der Waals surface area contributed by atoms with Crippen LogP contribution in [-0.2, 0) is 4.79 Å². The summed E-state index contributed by atoms with van der Waals surface area (Å²) in [5.74, 6) is -0.618. The van der Waals surface area contributed by atoms with Crippen LogP contribution in [0.2, 0.25) is 0 Å². The predicted molar refractivity (Wildman–Crippen MR) is 85.4 cm³/mol. The van der Waals surface area contributed by atoms with Gasteiger partial charge in [0.2, 0.25) is 0 Å². The lowest BCUT2D eigenvalue weighted by Crippen LogP contribution is -2.45. The summed E-state index contributed by atoms with van der Waals surface area (Å²) < 4.78 is 0. The summed E-state index contributed by atoms with van der Waals surface area (Å²) in [6.45, 7) is 8.08. The van der Waals surface area contributed by atoms with E-state index in [1.54, 1.807) is 0 Å². The third-order valence-corrected chi connectivity index (χ3v) is 5.18. The van der Waals surface area contributed by atoms with Gasteiger partial charge in [-0.25, -0.2) is 0 Å². The molecule has 0 bridgehead atoms. The Morgan fingerprint density at radius 3 is 2.24 bits per heavy atom. The van der Waals surface area contributed by atoms with Crippen LogP contribution in [0.15, 0.2) is 24.3 Å². The lowest BCUT2D eigenvalue weighted by atomic mass is 9.75. The number of rotatable bonds is 5. The van der Waals surface area contributed by atoms with Gasteiger partial charge in [-0.1, -0.05) is 43.7 Å². The van der Waals surface area contributed by atoms with Gasteiger partial charge in [-0.15, -0.1) is 0 Å². The van der Waals surface area contributed by atoms with Crippen molar-refractivity contribution in [2.24, 2.45) is 5.41 Å². The Morgan fingerprint density at radius 1 is 1.24 bits per heavy atom. The van der Waals surface area contributed by atoms with Gasteiger partial charge in [-0.05, 0) is 51.3 Å². The fourth-order valence-corrected chi connectivity index (χ4v) is 3.48. The van der Waals surface area contributed by atoms with Gasteiger partial charge in [0.1, 0.15) is 0 Å². The Hall–Kier alpha value is -1.35. The van der Waals surface area contributed by atoms with Crippen molar-refractivity contribution < 1.29 is 9.90 Å². The van der Waals surface area contributed by atoms with Crippen molar-refractivity contribution in [2.75, 3.05) is 13.1 Å². The zero-order valence-corrected chi connectivity index (χ0v) is 13.4. The van der Waals surface area contributed by atoms with Gasteiger partial charge in [-0.3, -0.25) is 9.69 Å². The van der Waals surface area contributed by atoms with Gasteiger partial charge in [0.05, 0.1) is 5.41 Å². The molecular formula is C18H27NO2. The summed E-state index contributed by atoms with van der Waals surface area (Å²) in [6.07, 6.45) is 3.33. The van der Waals surface area contributed by atoms with E-state index in [2.05, 4.69) is 43.0 Å². The lowest BCUT2D eigenvalue weighted by molar-refractivity contribution is -0.152. The third-order valence-electron chi connectivity index (χ3n) is 5.18. The van der Waals surface area contributed by atoms with Crippen LogP contribution < -0.4 is 0 Å². The molecule has 0 saturated carbocycles. The second-order valence-corrected chi connectivity index (χ2v) is 6.31. The van der Waals surface area contributed by atoms with Crippen LogP contribution in [0.1, 0.15) is 56.7 Å². The first-order chi connectivity index (χ1) is 10.0. The summed E-state index contributed by atoms with van der Waals surface area (Å²) in [5, 5.41) is 9.50. The van der Waals surface area contributed by atoms with Crippen LogP contribution in [0.5, 0.6) is 0 Å². The Bertz CT molecular complexity index is 472. The van der Waals surface area contributed by atoms with Crippen molar-refractivity contribution in [1.82, 2.24) is 4.90 Å². The number of benzene rings is 1. The Labute approximate surface area is 128 Å². The van der Waals surface area contributed by atoms with Crippen molar-refractivity contribution >= 4 is 5.97 Å². The summed E-state index contributed by atoms with van der Waals surface area (Å²) in [4.78, 5) is 14.0. The minimum absolute atomic E-state index is 0.411. The number of carboxylic acid groups (broad SMARTS) is 1. The Balaban J connectivity index is 2.09. The first kappa shape index (κ1) is 16.0. The molecule has 1 aromatic rings. The van der Waals surface area contributed by atoms with E-state index in [4.69, 9.17) is 0 Å². The van der Waals surface area contributed by atoms with E-state index >= 15 is 0 Å². The summed E-state index contributed by atoms with van der Waals surface area (Å²) >= 11 is 0. The molecule has 1 aliphatic heterocycles. The lowest BCUT2D eigenvalue weighted by Gasteiger charge is -2.42. The van der Waals surface area contributed by atoms with Crippen LogP contribution in [0, 0.1) is 12.3 Å². The zero-order valence-electron chi connectivity index (χ0n) is 13.4. The van der Waals surface area contributed by atoms with Crippen molar-refractivity contribution in [3.8, 4) is 0 Å². The molecule has 2 rings (SSSR count). The van der Waals surface area contributed by atoms with Crippen LogP contribution in [0.3, 0.4) is 0 Å². The number of carboxylic acids is 1. The molecule has 116 valence electrons. The molecule has 1 aromatic carbocycles. The average Bonchev–Trinajstić information content (AvgIpc) is 2.50. The third kappa shape index (κ3) is 3.29. The van der Waals surface area contributed by atoms with E-state index in [9.17, 15) is 9.90 Å². The van der Waals surface area contributed by atoms with Crippen molar-refractivity contribution in [3.05, 3.63) is 35.4 Å². The fraction of sp³-hybridized carbons (Fsp3) is 0.611. The maximum absolute atomic E-state index is 11.5. The molecule has 1 heterocycles. The maximum Gasteiger partial charge on any atom is 0.309 e. The van der Waals surface area contributed by atoms with Crippen LogP contribution >= 0.6 is 0 Å². The predicted octanol–water partition coefficient (Wildman–Crippen LogP) is 4.02. The highest BCUT2D eigenvalue weighted by Crippen LogP contribution is 2.38. The average molecular weight is 289 g/mol. The highest BCUT2D eigenvalue weighted by atomic mass is 16.4. The Kier molecular flexibility index (Phi) is 5.04. The molecule has 0 radical (unpaired) electrons. The number of piperidine rings is 1. The van der Waals surface area contributed by atoms with E-state index in [1.165, 1.54) is 11.1 Å². The summed E-state index contributed by atoms with van der Waals surface area (Å²) in [7, 11) is 0. The summed E-state index contributed by atoms with van der Waals surface area (Å²) in [6, 6.07) is 9.16. The van der Waals surface area contributed by atoms with Gasteiger partial charge in [0.15, 0.2) is 0 Å². The number of likely N-dealkylation sites (tertiary alicyclic amines) is 1. The molecule has 21 heavy (non-hydrogen) atoms. The smallest absolute Gasteiger partial charge is 0.309 e. The van der Waals surface area contributed by atoms with Gasteiger partial charge in [-0.2, -0.15) is 0 Å². The van der Waals surface area contributed by atoms with E-state index in [-0.39, 0.29) is 0 Å². The first-order valence-electron chi connectivity index (χ1n) is 8.06. The second-order valence-electron chi connectivity index (χ2n) is 6.31. The van der Waals surface area contributed by atoms with E-state index in [1.807, 2.05) is 6.92 Å². The van der Waals surface area contributed by atoms with Crippen molar-refractivity contribution in [2.45, 2.75) is 52.5 Å². The molecule has 0 amide bonds. The van der Waals surface area contributed by atoms with Gasteiger partial charge < -0.3 is 5.11 Å². The monoisotopic (exact) mass is 289 g/mol. The van der Waals surface area contributed by atoms with Crippen molar-refractivity contribution in [1.29, 1.82) is 0 Å².